The highest BCUT2D eigenvalue weighted by Gasteiger charge is 2.21. The van der Waals surface area contributed by atoms with E-state index >= 15 is 0 Å². The number of azide groups is 1. The molecule has 0 unspecified atom stereocenters. The molecule has 0 radical (unpaired) electrons. The number of aryl methyl sites for hydroxylation is 1. The maximum atomic E-state index is 13.5. The summed E-state index contributed by atoms with van der Waals surface area (Å²) in [5.74, 6) is -0.268. The van der Waals surface area contributed by atoms with Crippen molar-refractivity contribution in [1.82, 2.24) is 19.8 Å². The van der Waals surface area contributed by atoms with Crippen LogP contribution in [0.4, 0.5) is 0 Å². The van der Waals surface area contributed by atoms with E-state index in [1.165, 1.54) is 11.3 Å². The smallest absolute Gasteiger partial charge is 0.224 e. The lowest BCUT2D eigenvalue weighted by Crippen LogP contribution is -2.27. The third kappa shape index (κ3) is 7.03. The number of halogens is 1. The number of amides is 1. The van der Waals surface area contributed by atoms with Gasteiger partial charge in [0.05, 0.1) is 28.9 Å². The highest BCUT2D eigenvalue weighted by Crippen LogP contribution is 2.31. The second kappa shape index (κ2) is 12.9. The van der Waals surface area contributed by atoms with E-state index in [1.807, 2.05) is 41.8 Å². The molecular weight excluding hydrogens is 538 g/mol. The number of benzene rings is 1. The van der Waals surface area contributed by atoms with Crippen molar-refractivity contribution in [1.29, 1.82) is 0 Å². The van der Waals surface area contributed by atoms with Crippen LogP contribution < -0.4 is 10.7 Å². The number of nitrogens with one attached hydrogen (secondary N) is 1. The van der Waals surface area contributed by atoms with Gasteiger partial charge in [0.25, 0.3) is 0 Å². The molecule has 4 rings (SSSR count). The normalized spacial score (nSPS) is 11.9. The summed E-state index contributed by atoms with van der Waals surface area (Å²) in [5, 5.41) is 17.8. The summed E-state index contributed by atoms with van der Waals surface area (Å²) in [7, 11) is 3.67. The first-order valence-corrected chi connectivity index (χ1v) is 13.4. The first-order valence-electron chi connectivity index (χ1n) is 12.2. The summed E-state index contributed by atoms with van der Waals surface area (Å²) in [6.45, 7) is 1.16. The van der Waals surface area contributed by atoms with Gasteiger partial charge in [-0.1, -0.05) is 34.9 Å². The second-order valence-corrected chi connectivity index (χ2v) is 10.8. The summed E-state index contributed by atoms with van der Waals surface area (Å²) >= 11 is 7.23. The summed E-state index contributed by atoms with van der Waals surface area (Å²) < 4.78 is 2.31. The Balaban J connectivity index is 1.56. The topological polar surface area (TPSA) is 136 Å². The molecule has 12 heteroatoms. The molecule has 0 bridgehead atoms. The zero-order chi connectivity index (χ0) is 27.9. The van der Waals surface area contributed by atoms with Crippen LogP contribution in [0.5, 0.6) is 0 Å². The van der Waals surface area contributed by atoms with Gasteiger partial charge < -0.3 is 15.0 Å². The Hall–Kier alpha value is -3.73. The summed E-state index contributed by atoms with van der Waals surface area (Å²) in [4.78, 5) is 36.0. The van der Waals surface area contributed by atoms with Gasteiger partial charge >= 0.3 is 0 Å². The van der Waals surface area contributed by atoms with Gasteiger partial charge in [0.15, 0.2) is 0 Å². The van der Waals surface area contributed by atoms with E-state index in [9.17, 15) is 14.7 Å². The maximum Gasteiger partial charge on any atom is 0.224 e. The van der Waals surface area contributed by atoms with Crippen molar-refractivity contribution in [3.8, 4) is 0 Å². The van der Waals surface area contributed by atoms with E-state index in [0.717, 1.165) is 16.0 Å². The number of fused-ring (bicyclic) bond motifs is 1. The van der Waals surface area contributed by atoms with E-state index in [-0.39, 0.29) is 24.3 Å². The number of nitrogens with zero attached hydrogens (tertiary/aromatic N) is 6. The second-order valence-electron chi connectivity index (χ2n) is 9.21. The molecule has 0 saturated carbocycles. The standard InChI is InChI=1S/C27H28ClN7O3S/c1-34(15-22(36)21-5-3-4-10-30-21)16-23-20(13-32-33-29)25-27(39-23)26(38)18(14-35(25)2)11-24(37)31-12-17-6-8-19(28)9-7-17/h3-10,14,22,36H,11-13,15-16H2,1-2H3,(H,31,37)/t22-/m1/s1. The van der Waals surface area contributed by atoms with Crippen molar-refractivity contribution < 1.29 is 9.90 Å². The van der Waals surface area contributed by atoms with Gasteiger partial charge in [-0.05, 0) is 48.0 Å². The van der Waals surface area contributed by atoms with Gasteiger partial charge in [0.2, 0.25) is 11.3 Å². The number of aliphatic hydroxyl groups is 1. The Kier molecular flexibility index (Phi) is 9.34. The predicted molar refractivity (Wildman–Crippen MR) is 152 cm³/mol. The number of rotatable bonds is 11. The predicted octanol–water partition coefficient (Wildman–Crippen LogP) is 4.48. The molecule has 0 spiro atoms. The molecular formula is C27H28ClN7O3S. The molecule has 1 amide bonds. The monoisotopic (exact) mass is 565 g/mol. The average Bonchev–Trinajstić information content (AvgIpc) is 3.28. The van der Waals surface area contributed by atoms with Crippen LogP contribution in [-0.2, 0) is 37.9 Å². The zero-order valence-corrected chi connectivity index (χ0v) is 23.1. The van der Waals surface area contributed by atoms with Crippen molar-refractivity contribution >= 4 is 39.1 Å². The molecule has 10 nitrogen and oxygen atoms in total. The van der Waals surface area contributed by atoms with E-state index in [4.69, 9.17) is 17.1 Å². The Morgan fingerprint density at radius 2 is 2.08 bits per heavy atom. The zero-order valence-electron chi connectivity index (χ0n) is 21.5. The number of carbonyl (C=O) groups is 1. The minimum absolute atomic E-state index is 0.0642. The third-order valence-electron chi connectivity index (χ3n) is 6.24. The quantitative estimate of drug-likeness (QED) is 0.157. The molecule has 0 aliphatic rings. The van der Waals surface area contributed by atoms with Crippen LogP contribution in [0.1, 0.15) is 33.4 Å². The molecule has 1 aromatic carbocycles. The van der Waals surface area contributed by atoms with Crippen LogP contribution in [-0.4, -0.2) is 39.1 Å². The molecule has 0 saturated heterocycles. The number of likely N-dealkylation sites (N-methyl/N-ethyl adjacent to an activating group) is 1. The molecule has 4 aromatic rings. The maximum absolute atomic E-state index is 13.5. The van der Waals surface area contributed by atoms with Gasteiger partial charge in [0.1, 0.15) is 6.10 Å². The van der Waals surface area contributed by atoms with E-state index < -0.39 is 6.10 Å². The molecule has 3 heterocycles. The number of thiophene rings is 1. The van der Waals surface area contributed by atoms with Gasteiger partial charge in [0, 0.05) is 59.5 Å². The fourth-order valence-electron chi connectivity index (χ4n) is 4.36. The van der Waals surface area contributed by atoms with Crippen LogP contribution in [0.3, 0.4) is 0 Å². The van der Waals surface area contributed by atoms with Gasteiger partial charge in [-0.2, -0.15) is 0 Å². The van der Waals surface area contributed by atoms with Crippen molar-refractivity contribution in [3.05, 3.63) is 108 Å². The number of pyridine rings is 2. The Morgan fingerprint density at radius 3 is 2.77 bits per heavy atom. The number of hydrogen-bond acceptors (Lipinski definition) is 7. The lowest BCUT2D eigenvalue weighted by Gasteiger charge is -2.20. The first kappa shape index (κ1) is 28.3. The van der Waals surface area contributed by atoms with E-state index in [2.05, 4.69) is 20.3 Å². The Bertz CT molecular complexity index is 1560. The average molecular weight is 566 g/mol. The van der Waals surface area contributed by atoms with Crippen LogP contribution in [0, 0.1) is 0 Å². The van der Waals surface area contributed by atoms with E-state index in [1.54, 1.807) is 36.7 Å². The summed E-state index contributed by atoms with van der Waals surface area (Å²) in [6, 6.07) is 12.5. The lowest BCUT2D eigenvalue weighted by atomic mass is 10.1. The Morgan fingerprint density at radius 1 is 1.31 bits per heavy atom. The molecule has 3 aromatic heterocycles. The number of aliphatic hydroxyl groups excluding tert-OH is 1. The molecule has 2 N–H and O–H groups in total. The number of hydrogen-bond donors (Lipinski definition) is 2. The minimum Gasteiger partial charge on any atom is -0.385 e. The molecule has 0 fully saturated rings. The summed E-state index contributed by atoms with van der Waals surface area (Å²) in [5.41, 5.74) is 12.0. The molecule has 0 aliphatic carbocycles. The molecule has 1 atom stereocenters. The van der Waals surface area contributed by atoms with Gasteiger partial charge in [-0.25, -0.2) is 0 Å². The van der Waals surface area contributed by atoms with Crippen LogP contribution >= 0.6 is 22.9 Å². The molecule has 39 heavy (non-hydrogen) atoms. The third-order valence-corrected chi connectivity index (χ3v) is 7.69. The number of aromatic nitrogens is 2. The largest absolute Gasteiger partial charge is 0.385 e. The van der Waals surface area contributed by atoms with Crippen molar-refractivity contribution in [3.63, 3.8) is 0 Å². The Labute approximate surface area is 234 Å². The van der Waals surface area contributed by atoms with Crippen molar-refractivity contribution in [2.24, 2.45) is 12.2 Å². The number of carbonyl (C=O) groups excluding carboxylic acids is 1. The van der Waals surface area contributed by atoms with Crippen LogP contribution in [0.15, 0.2) is 64.8 Å². The highest BCUT2D eigenvalue weighted by atomic mass is 35.5. The fourth-order valence-corrected chi connectivity index (χ4v) is 5.89. The molecule has 202 valence electrons. The fraction of sp³-hybridized carbons (Fsp3) is 0.296. The van der Waals surface area contributed by atoms with E-state index in [0.29, 0.717) is 46.1 Å². The van der Waals surface area contributed by atoms with Crippen molar-refractivity contribution in [2.75, 3.05) is 13.6 Å². The van der Waals surface area contributed by atoms with Crippen LogP contribution in [0.25, 0.3) is 20.7 Å². The lowest BCUT2D eigenvalue weighted by molar-refractivity contribution is -0.120. The first-order chi connectivity index (χ1) is 18.8. The molecule has 0 aliphatic heterocycles. The van der Waals surface area contributed by atoms with Crippen molar-refractivity contribution in [2.45, 2.75) is 32.2 Å². The van der Waals surface area contributed by atoms with Gasteiger partial charge in [-0.3, -0.25) is 19.5 Å². The summed E-state index contributed by atoms with van der Waals surface area (Å²) in [6.07, 6.45) is 2.45. The van der Waals surface area contributed by atoms with Gasteiger partial charge in [-0.15, -0.1) is 11.3 Å². The minimum atomic E-state index is -0.782. The van der Waals surface area contributed by atoms with Crippen LogP contribution in [0.2, 0.25) is 5.02 Å². The SMILES string of the molecule is CN(Cc1sc2c(=O)c(CC(=O)NCc3ccc(Cl)cc3)cn(C)c2c1CN=[N+]=[N-])C[C@@H](O)c1ccccn1. The highest BCUT2D eigenvalue weighted by molar-refractivity contribution is 7.19.